The number of carbonyl (C=O) groups excluding carboxylic acids is 2. The number of esters is 1. The van der Waals surface area contributed by atoms with Crippen molar-refractivity contribution in [2.75, 3.05) is 5.32 Å². The van der Waals surface area contributed by atoms with Crippen LogP contribution in [0.2, 0.25) is 5.02 Å². The van der Waals surface area contributed by atoms with Gasteiger partial charge >= 0.3 is 5.97 Å². The Balaban J connectivity index is 1.44. The van der Waals surface area contributed by atoms with E-state index in [1.807, 2.05) is 0 Å². The minimum atomic E-state index is -0.502. The van der Waals surface area contributed by atoms with Crippen molar-refractivity contribution in [1.82, 2.24) is 0 Å². The number of carbonyl (C=O) groups is 2. The molecule has 0 aliphatic heterocycles. The van der Waals surface area contributed by atoms with Crippen molar-refractivity contribution in [2.24, 2.45) is 0 Å². The summed E-state index contributed by atoms with van der Waals surface area (Å²) in [6, 6.07) is 19.3. The zero-order valence-corrected chi connectivity index (χ0v) is 17.6. The van der Waals surface area contributed by atoms with Gasteiger partial charge in [0.2, 0.25) is 5.91 Å². The van der Waals surface area contributed by atoms with Crippen LogP contribution in [0.15, 0.2) is 72.8 Å². The molecule has 8 nitrogen and oxygen atoms in total. The van der Waals surface area contributed by atoms with E-state index in [4.69, 9.17) is 21.1 Å². The first-order valence-electron chi connectivity index (χ1n) is 9.61. The molecule has 0 saturated carbocycles. The fourth-order valence-corrected chi connectivity index (χ4v) is 2.81. The number of halogens is 1. The molecule has 3 aromatic rings. The molecule has 0 radical (unpaired) electrons. The average Bonchev–Trinajstić information content (AvgIpc) is 2.78. The number of nitro groups is 1. The minimum absolute atomic E-state index is 0.00917. The van der Waals surface area contributed by atoms with Crippen LogP contribution in [-0.2, 0) is 20.9 Å². The summed E-state index contributed by atoms with van der Waals surface area (Å²) < 4.78 is 10.9. The van der Waals surface area contributed by atoms with E-state index >= 15 is 0 Å². The molecule has 1 N–H and O–H groups in total. The molecule has 0 atom stereocenters. The van der Waals surface area contributed by atoms with E-state index in [1.165, 1.54) is 24.3 Å². The summed E-state index contributed by atoms with van der Waals surface area (Å²) in [7, 11) is 0. The number of hydrogen-bond acceptors (Lipinski definition) is 6. The van der Waals surface area contributed by atoms with Gasteiger partial charge < -0.3 is 14.8 Å². The molecule has 3 rings (SSSR count). The van der Waals surface area contributed by atoms with E-state index in [0.29, 0.717) is 27.8 Å². The molecule has 32 heavy (non-hydrogen) atoms. The second kappa shape index (κ2) is 10.9. The molecule has 0 aliphatic carbocycles. The molecule has 0 spiro atoms. The number of rotatable bonds is 9. The number of ether oxygens (including phenoxy) is 2. The van der Waals surface area contributed by atoms with Crippen LogP contribution in [0.25, 0.3) is 0 Å². The molecule has 0 aromatic heterocycles. The van der Waals surface area contributed by atoms with Gasteiger partial charge in [-0.25, -0.2) is 0 Å². The summed E-state index contributed by atoms with van der Waals surface area (Å²) in [5.74, 6) is 0.131. The molecule has 0 saturated heterocycles. The van der Waals surface area contributed by atoms with Crippen LogP contribution in [-0.4, -0.2) is 16.8 Å². The zero-order valence-electron chi connectivity index (χ0n) is 16.8. The van der Waals surface area contributed by atoms with Crippen molar-refractivity contribution >= 4 is 34.9 Å². The molecule has 0 fully saturated rings. The standard InChI is InChI=1S/C23H19ClN2O6/c24-17-4-6-18(7-5-17)25-22(27)12-13-23(28)31-15-16-2-1-3-21(14-16)32-20-10-8-19(9-11-20)26(29)30/h1-11,14H,12-13,15H2,(H,25,27). The molecule has 0 bridgehead atoms. The molecule has 0 heterocycles. The Hall–Kier alpha value is -3.91. The van der Waals surface area contributed by atoms with Gasteiger partial charge in [-0.15, -0.1) is 0 Å². The minimum Gasteiger partial charge on any atom is -0.461 e. The molecule has 3 aromatic carbocycles. The summed E-state index contributed by atoms with van der Waals surface area (Å²) in [6.07, 6.45) is -0.0663. The summed E-state index contributed by atoms with van der Waals surface area (Å²) in [6.45, 7) is 0.0229. The number of non-ortho nitro benzene ring substituents is 1. The summed E-state index contributed by atoms with van der Waals surface area (Å²) >= 11 is 5.80. The van der Waals surface area contributed by atoms with E-state index in [2.05, 4.69) is 5.32 Å². The van der Waals surface area contributed by atoms with Crippen LogP contribution in [0.5, 0.6) is 11.5 Å². The van der Waals surface area contributed by atoms with E-state index < -0.39 is 10.9 Å². The number of anilines is 1. The van der Waals surface area contributed by atoms with E-state index in [-0.39, 0.29) is 31.0 Å². The lowest BCUT2D eigenvalue weighted by atomic mass is 10.2. The number of benzene rings is 3. The van der Waals surface area contributed by atoms with Gasteiger partial charge in [0.05, 0.1) is 11.3 Å². The highest BCUT2D eigenvalue weighted by Crippen LogP contribution is 2.24. The van der Waals surface area contributed by atoms with E-state index in [0.717, 1.165) is 0 Å². The average molecular weight is 455 g/mol. The van der Waals surface area contributed by atoms with Crippen LogP contribution in [0.1, 0.15) is 18.4 Å². The van der Waals surface area contributed by atoms with Gasteiger partial charge in [-0.2, -0.15) is 0 Å². The monoisotopic (exact) mass is 454 g/mol. The van der Waals surface area contributed by atoms with Gasteiger partial charge in [-0.3, -0.25) is 19.7 Å². The second-order valence-corrected chi connectivity index (χ2v) is 7.15. The van der Waals surface area contributed by atoms with Gasteiger partial charge in [0.25, 0.3) is 5.69 Å². The van der Waals surface area contributed by atoms with Crippen LogP contribution >= 0.6 is 11.6 Å². The van der Waals surface area contributed by atoms with Crippen molar-refractivity contribution in [1.29, 1.82) is 0 Å². The fourth-order valence-electron chi connectivity index (χ4n) is 2.68. The van der Waals surface area contributed by atoms with Crippen molar-refractivity contribution in [2.45, 2.75) is 19.4 Å². The Labute approximate surface area is 188 Å². The SMILES string of the molecule is O=C(CCC(=O)OCc1cccc(Oc2ccc([N+](=O)[O-])cc2)c1)Nc1ccc(Cl)cc1. The summed E-state index contributed by atoms with van der Waals surface area (Å²) in [5.41, 5.74) is 1.26. The highest BCUT2D eigenvalue weighted by Gasteiger charge is 2.10. The molecular weight excluding hydrogens is 436 g/mol. The van der Waals surface area contributed by atoms with Crippen LogP contribution < -0.4 is 10.1 Å². The maximum absolute atomic E-state index is 12.0. The second-order valence-electron chi connectivity index (χ2n) is 6.72. The van der Waals surface area contributed by atoms with Gasteiger partial charge in [-0.1, -0.05) is 23.7 Å². The van der Waals surface area contributed by atoms with E-state index in [9.17, 15) is 19.7 Å². The first-order chi connectivity index (χ1) is 15.4. The lowest BCUT2D eigenvalue weighted by Gasteiger charge is -2.09. The van der Waals surface area contributed by atoms with Crippen molar-refractivity contribution < 1.29 is 24.0 Å². The van der Waals surface area contributed by atoms with E-state index in [1.54, 1.807) is 48.5 Å². The Morgan fingerprint density at radius 3 is 2.34 bits per heavy atom. The number of nitrogens with zero attached hydrogens (tertiary/aromatic N) is 1. The van der Waals surface area contributed by atoms with Gasteiger partial charge in [-0.05, 0) is 54.1 Å². The molecule has 1 amide bonds. The van der Waals surface area contributed by atoms with Gasteiger partial charge in [0, 0.05) is 29.3 Å². The molecule has 0 unspecified atom stereocenters. The normalized spacial score (nSPS) is 10.3. The fraction of sp³-hybridized carbons (Fsp3) is 0.130. The predicted octanol–water partition coefficient (Wildman–Crippen LogP) is 5.50. The number of nitrogens with one attached hydrogen (secondary N) is 1. The van der Waals surface area contributed by atoms with Crippen LogP contribution in [0.4, 0.5) is 11.4 Å². The first kappa shape index (κ1) is 22.8. The molecular formula is C23H19ClN2O6. The van der Waals surface area contributed by atoms with Crippen molar-refractivity contribution in [3.05, 3.63) is 93.5 Å². The Kier molecular flexibility index (Phi) is 7.77. The van der Waals surface area contributed by atoms with Crippen molar-refractivity contribution in [3.8, 4) is 11.5 Å². The predicted molar refractivity (Wildman–Crippen MR) is 119 cm³/mol. The Morgan fingerprint density at radius 2 is 1.66 bits per heavy atom. The third-order valence-electron chi connectivity index (χ3n) is 4.27. The summed E-state index contributed by atoms with van der Waals surface area (Å²) in [4.78, 5) is 34.2. The highest BCUT2D eigenvalue weighted by molar-refractivity contribution is 6.30. The zero-order chi connectivity index (χ0) is 22.9. The van der Waals surface area contributed by atoms with Crippen LogP contribution in [0.3, 0.4) is 0 Å². The Morgan fingerprint density at radius 1 is 0.938 bits per heavy atom. The summed E-state index contributed by atoms with van der Waals surface area (Å²) in [5, 5.41) is 14.0. The van der Waals surface area contributed by atoms with Crippen molar-refractivity contribution in [3.63, 3.8) is 0 Å². The third-order valence-corrected chi connectivity index (χ3v) is 4.52. The van der Waals surface area contributed by atoms with Gasteiger partial charge in [0.15, 0.2) is 0 Å². The lowest BCUT2D eigenvalue weighted by molar-refractivity contribution is -0.384. The topological polar surface area (TPSA) is 108 Å². The maximum Gasteiger partial charge on any atom is 0.306 e. The molecule has 164 valence electrons. The number of hydrogen-bond donors (Lipinski definition) is 1. The highest BCUT2D eigenvalue weighted by atomic mass is 35.5. The van der Waals surface area contributed by atoms with Crippen LogP contribution in [0, 0.1) is 10.1 Å². The quantitative estimate of drug-likeness (QED) is 0.260. The molecule has 9 heteroatoms. The lowest BCUT2D eigenvalue weighted by Crippen LogP contribution is -2.14. The first-order valence-corrected chi connectivity index (χ1v) is 9.99. The Bertz CT molecular complexity index is 1100. The third kappa shape index (κ3) is 7.10. The smallest absolute Gasteiger partial charge is 0.306 e. The number of nitro benzene ring substituents is 1. The number of amides is 1. The maximum atomic E-state index is 12.0. The van der Waals surface area contributed by atoms with Gasteiger partial charge in [0.1, 0.15) is 18.1 Å². The molecule has 0 aliphatic rings. The largest absolute Gasteiger partial charge is 0.461 e.